The van der Waals surface area contributed by atoms with E-state index in [1.54, 1.807) is 24.3 Å². The van der Waals surface area contributed by atoms with Crippen LogP contribution in [-0.4, -0.2) is 109 Å². The second kappa shape index (κ2) is 16.8. The van der Waals surface area contributed by atoms with Gasteiger partial charge in [-0.1, -0.05) is 12.1 Å². The molecule has 1 saturated heterocycles. The molecule has 2 aliphatic heterocycles. The minimum atomic E-state index is -6.23. The van der Waals surface area contributed by atoms with Crippen LogP contribution in [0.5, 0.6) is 0 Å². The van der Waals surface area contributed by atoms with Crippen LogP contribution in [0.4, 0.5) is 23.1 Å². The van der Waals surface area contributed by atoms with Gasteiger partial charge in [-0.15, -0.1) is 0 Å². The van der Waals surface area contributed by atoms with E-state index < -0.39 is 85.2 Å². The summed E-state index contributed by atoms with van der Waals surface area (Å²) in [4.78, 5) is 67.0. The molecule has 2 aliphatic rings. The molecule has 27 heteroatoms. The SMILES string of the molecule is C[C@@H]1Nc2nc(N)[nH]c(=O)c2N=C1[C@@H](C)Nc1ccc(C[C@H](O)[C@H](O)[C@H](O)CO[C@H]2O[C@H](COP(=O)([O-])OP(=O)([O-])OP(=O)([O-])[O-])[C@@H](O)[C@H]2O)cc1. The lowest BCUT2D eigenvalue weighted by Crippen LogP contribution is -2.43. The first-order valence-electron chi connectivity index (χ1n) is 15.0. The maximum absolute atomic E-state index is 12.3. The van der Waals surface area contributed by atoms with Gasteiger partial charge in [0.05, 0.1) is 44.9 Å². The summed E-state index contributed by atoms with van der Waals surface area (Å²) in [5, 5.41) is 58.0. The number of nitrogens with two attached hydrogens (primary N) is 1. The van der Waals surface area contributed by atoms with E-state index in [2.05, 4.69) is 38.7 Å². The van der Waals surface area contributed by atoms with E-state index in [1.807, 2.05) is 13.8 Å². The van der Waals surface area contributed by atoms with Crippen LogP contribution >= 0.6 is 23.5 Å². The van der Waals surface area contributed by atoms with Crippen molar-refractivity contribution >= 4 is 52.3 Å². The van der Waals surface area contributed by atoms with Crippen molar-refractivity contribution in [2.24, 2.45) is 4.99 Å². The van der Waals surface area contributed by atoms with E-state index >= 15 is 0 Å². The zero-order chi connectivity index (χ0) is 38.8. The third kappa shape index (κ3) is 11.4. The zero-order valence-electron chi connectivity index (χ0n) is 27.0. The van der Waals surface area contributed by atoms with Gasteiger partial charge in [0.2, 0.25) is 5.95 Å². The summed E-state index contributed by atoms with van der Waals surface area (Å²) >= 11 is 0. The summed E-state index contributed by atoms with van der Waals surface area (Å²) in [7, 11) is -18.4. The van der Waals surface area contributed by atoms with Crippen LogP contribution in [0.25, 0.3) is 0 Å². The van der Waals surface area contributed by atoms with E-state index in [1.165, 1.54) is 0 Å². The minimum absolute atomic E-state index is 0.0429. The molecule has 1 aromatic heterocycles. The van der Waals surface area contributed by atoms with Crippen molar-refractivity contribution in [1.29, 1.82) is 0 Å². The van der Waals surface area contributed by atoms with Crippen molar-refractivity contribution < 1.29 is 81.4 Å². The molecule has 2 unspecified atom stereocenters. The minimum Gasteiger partial charge on any atom is -0.790 e. The Morgan fingerprint density at radius 3 is 2.31 bits per heavy atom. The standard InChI is InChI=1S/C25H39N6O18P3/c1-10(17-11(2)28-22-18(29-17)23(37)31-25(26)30-22)27-13-5-3-12(4-6-13)7-14(32)19(34)15(33)8-45-24-21(36)20(35)16(47-24)9-46-51(41,42)49-52(43,44)48-50(38,39)40/h3-6,10-11,14-16,19-21,24,27,32-36H,7-9H2,1-2H3,(H,41,42)(H,43,44)(H2,38,39,40)(H4,26,28,30,31,37)/p-4/t10-,11+,14+,15-,16-,19+,20-,21-,24+/m1/s1. The predicted molar refractivity (Wildman–Crippen MR) is 168 cm³/mol. The summed E-state index contributed by atoms with van der Waals surface area (Å²) in [6.07, 6.45) is -12.5. The van der Waals surface area contributed by atoms with Crippen LogP contribution in [0.2, 0.25) is 0 Å². The lowest BCUT2D eigenvalue weighted by atomic mass is 10.00. The van der Waals surface area contributed by atoms with Gasteiger partial charge in [0.1, 0.15) is 30.5 Å². The van der Waals surface area contributed by atoms with E-state index in [-0.39, 0.29) is 36.0 Å². The van der Waals surface area contributed by atoms with E-state index in [0.29, 0.717) is 17.0 Å². The lowest BCUT2D eigenvalue weighted by Gasteiger charge is -2.37. The maximum atomic E-state index is 12.3. The number of aromatic amines is 1. The van der Waals surface area contributed by atoms with Crippen LogP contribution in [0.1, 0.15) is 19.4 Å². The second-order valence-corrected chi connectivity index (χ2v) is 15.8. The smallest absolute Gasteiger partial charge is 0.280 e. The first kappa shape index (κ1) is 42.0. The van der Waals surface area contributed by atoms with Crippen molar-refractivity contribution in [3.63, 3.8) is 0 Å². The predicted octanol–water partition coefficient (Wildman–Crippen LogP) is -4.36. The molecule has 0 radical (unpaired) electrons. The number of aliphatic hydroxyl groups is 5. The van der Waals surface area contributed by atoms with Crippen molar-refractivity contribution in [3.8, 4) is 0 Å². The highest BCUT2D eigenvalue weighted by Crippen LogP contribution is 2.60. The molecule has 2 aromatic rings. The number of aliphatic hydroxyl groups excluding tert-OH is 5. The summed E-state index contributed by atoms with van der Waals surface area (Å²) < 4.78 is 54.3. The summed E-state index contributed by atoms with van der Waals surface area (Å²) in [5.74, 6) is 0.226. The summed E-state index contributed by atoms with van der Waals surface area (Å²) in [6.45, 7) is 1.69. The molecule has 10 N–H and O–H groups in total. The van der Waals surface area contributed by atoms with Crippen molar-refractivity contribution in [1.82, 2.24) is 9.97 Å². The highest BCUT2D eigenvalue weighted by Gasteiger charge is 2.44. The van der Waals surface area contributed by atoms with Crippen molar-refractivity contribution in [2.75, 3.05) is 29.6 Å². The molecular formula is C25H35N6O18P3-4. The highest BCUT2D eigenvalue weighted by molar-refractivity contribution is 7.64. The summed E-state index contributed by atoms with van der Waals surface area (Å²) in [5.41, 5.74) is 7.05. The Morgan fingerprint density at radius 1 is 1.02 bits per heavy atom. The molecule has 292 valence electrons. The first-order chi connectivity index (χ1) is 24.0. The van der Waals surface area contributed by atoms with Gasteiger partial charge in [-0.3, -0.25) is 23.2 Å². The Balaban J connectivity index is 1.24. The second-order valence-electron chi connectivity index (χ2n) is 11.6. The molecule has 1 aromatic carbocycles. The van der Waals surface area contributed by atoms with Gasteiger partial charge >= 0.3 is 0 Å². The Morgan fingerprint density at radius 2 is 1.67 bits per heavy atom. The normalized spacial score (nSPS) is 26.5. The fourth-order valence-corrected chi connectivity index (χ4v) is 7.94. The zero-order valence-corrected chi connectivity index (χ0v) is 29.7. The van der Waals surface area contributed by atoms with Crippen LogP contribution in [0.15, 0.2) is 34.1 Å². The van der Waals surface area contributed by atoms with Crippen LogP contribution in [-0.2, 0) is 42.7 Å². The fraction of sp³-hybridized carbons (Fsp3) is 0.560. The number of nitrogen functional groups attached to an aromatic ring is 1. The number of nitrogens with one attached hydrogen (secondary N) is 3. The van der Waals surface area contributed by atoms with Crippen LogP contribution in [0.3, 0.4) is 0 Å². The Labute approximate surface area is 293 Å². The number of rotatable bonds is 17. The average Bonchev–Trinajstić information content (AvgIpc) is 3.29. The van der Waals surface area contributed by atoms with Gasteiger partial charge < -0.3 is 80.0 Å². The molecule has 4 rings (SSSR count). The van der Waals surface area contributed by atoms with Gasteiger partial charge in [0.15, 0.2) is 17.8 Å². The van der Waals surface area contributed by atoms with E-state index in [9.17, 15) is 63.6 Å². The number of nitrogens with zero attached hydrogens (tertiary/aromatic N) is 2. The quantitative estimate of drug-likeness (QED) is 0.0682. The Bertz CT molecular complexity index is 1790. The molecule has 24 nitrogen and oxygen atoms in total. The number of anilines is 3. The van der Waals surface area contributed by atoms with Crippen molar-refractivity contribution in [3.05, 3.63) is 40.2 Å². The van der Waals surface area contributed by atoms with Gasteiger partial charge in [-0.2, -0.15) is 4.98 Å². The van der Waals surface area contributed by atoms with Gasteiger partial charge in [0.25, 0.3) is 21.2 Å². The molecule has 3 heterocycles. The van der Waals surface area contributed by atoms with Gasteiger partial charge in [0, 0.05) is 12.1 Å². The highest BCUT2D eigenvalue weighted by atomic mass is 31.3. The number of ether oxygens (including phenoxy) is 2. The number of fused-ring (bicyclic) bond motifs is 1. The molecule has 0 spiro atoms. The number of hydrogen-bond acceptors (Lipinski definition) is 23. The fourth-order valence-electron chi connectivity index (χ4n) is 5.08. The van der Waals surface area contributed by atoms with Crippen LogP contribution < -0.4 is 41.5 Å². The van der Waals surface area contributed by atoms with Gasteiger partial charge in [-0.05, 0) is 31.5 Å². The maximum Gasteiger partial charge on any atom is 0.280 e. The molecular weight excluding hydrogens is 765 g/mol. The molecule has 0 aliphatic carbocycles. The molecule has 0 saturated carbocycles. The number of phosphoric ester groups is 1. The molecule has 1 fully saturated rings. The number of benzene rings is 1. The first-order valence-corrected chi connectivity index (χ1v) is 19.4. The third-order valence-corrected chi connectivity index (χ3v) is 11.2. The number of H-pyrrole nitrogens is 1. The van der Waals surface area contributed by atoms with Gasteiger partial charge in [-0.25, -0.2) is 9.30 Å². The molecule has 11 atom stereocenters. The molecule has 0 amide bonds. The topological polar surface area (TPSA) is 399 Å². The third-order valence-electron chi connectivity index (χ3n) is 7.51. The average molecular weight is 801 g/mol. The lowest BCUT2D eigenvalue weighted by molar-refractivity contribution is -0.339. The Hall–Kier alpha value is -2.70. The summed E-state index contributed by atoms with van der Waals surface area (Å²) in [6, 6.07) is 6.07. The van der Waals surface area contributed by atoms with Crippen molar-refractivity contribution in [2.45, 2.75) is 75.3 Å². The number of hydrogen-bond donors (Lipinski definition) is 9. The molecule has 52 heavy (non-hydrogen) atoms. The van der Waals surface area contributed by atoms with Crippen LogP contribution in [0, 0.1) is 0 Å². The van der Waals surface area contributed by atoms with E-state index in [0.717, 1.165) is 0 Å². The van der Waals surface area contributed by atoms with E-state index in [4.69, 9.17) is 15.2 Å². The number of aliphatic imine (C=N–C) groups is 1. The number of phosphoric acid groups is 3. The monoisotopic (exact) mass is 800 g/mol. The Kier molecular flexibility index (Phi) is 13.6. The molecule has 0 bridgehead atoms. The largest absolute Gasteiger partial charge is 0.790 e. The number of aromatic nitrogens is 2.